The first-order chi connectivity index (χ1) is 10.0. The molecule has 2 aromatic rings. The molecule has 1 amide bonds. The minimum Gasteiger partial charge on any atom is -0.494 e. The van der Waals surface area contributed by atoms with Crippen LogP contribution in [0.4, 0.5) is 10.1 Å². The first-order valence-corrected chi connectivity index (χ1v) is 6.35. The highest BCUT2D eigenvalue weighted by Crippen LogP contribution is 2.22. The highest BCUT2D eigenvalue weighted by Gasteiger charge is 2.20. The van der Waals surface area contributed by atoms with E-state index < -0.39 is 11.9 Å². The summed E-state index contributed by atoms with van der Waals surface area (Å²) in [4.78, 5) is 12.3. The number of nitrogens with zero attached hydrogens (tertiary/aromatic N) is 2. The number of aryl methyl sites for hydroxylation is 1. The quantitative estimate of drug-likeness (QED) is 0.879. The van der Waals surface area contributed by atoms with Gasteiger partial charge >= 0.3 is 0 Å². The Morgan fingerprint density at radius 2 is 2.18 bits per heavy atom. The van der Waals surface area contributed by atoms with E-state index in [-0.39, 0.29) is 24.1 Å². The van der Waals surface area contributed by atoms with Gasteiger partial charge in [0.2, 0.25) is 5.91 Å². The molecule has 0 fully saturated rings. The number of rotatable bonds is 5. The van der Waals surface area contributed by atoms with Gasteiger partial charge in [-0.1, -0.05) is 0 Å². The van der Waals surface area contributed by atoms with Crippen LogP contribution in [0.3, 0.4) is 0 Å². The van der Waals surface area contributed by atoms with Crippen LogP contribution in [0.25, 0.3) is 0 Å². The van der Waals surface area contributed by atoms with E-state index in [0.717, 1.165) is 5.56 Å². The number of likely N-dealkylation sites (N-methyl/N-ethyl adjacent to an activating group) is 1. The Morgan fingerprint density at radius 1 is 1.45 bits per heavy atom. The van der Waals surface area contributed by atoms with Crippen molar-refractivity contribution >= 4 is 24.0 Å². The topological polar surface area (TPSA) is 68.2 Å². The molecular weight excluding hydrogens is 311 g/mol. The van der Waals surface area contributed by atoms with E-state index in [2.05, 4.69) is 15.7 Å². The predicted molar refractivity (Wildman–Crippen MR) is 83.8 cm³/mol. The van der Waals surface area contributed by atoms with Gasteiger partial charge < -0.3 is 15.4 Å². The van der Waals surface area contributed by atoms with Crippen LogP contribution in [-0.2, 0) is 11.8 Å². The van der Waals surface area contributed by atoms with Crippen molar-refractivity contribution in [1.29, 1.82) is 0 Å². The lowest BCUT2D eigenvalue weighted by Gasteiger charge is -2.15. The van der Waals surface area contributed by atoms with Gasteiger partial charge in [0.25, 0.3) is 0 Å². The maximum Gasteiger partial charge on any atom is 0.246 e. The second kappa shape index (κ2) is 7.77. The molecule has 0 aliphatic carbocycles. The van der Waals surface area contributed by atoms with Crippen LogP contribution in [0.15, 0.2) is 30.6 Å². The Balaban J connectivity index is 0.00000242. The molecule has 8 heteroatoms. The van der Waals surface area contributed by atoms with Gasteiger partial charge in [-0.05, 0) is 19.2 Å². The van der Waals surface area contributed by atoms with E-state index in [9.17, 15) is 9.18 Å². The van der Waals surface area contributed by atoms with Gasteiger partial charge in [0.15, 0.2) is 11.6 Å². The molecule has 0 saturated carbocycles. The highest BCUT2D eigenvalue weighted by molar-refractivity contribution is 5.95. The van der Waals surface area contributed by atoms with Crippen LogP contribution < -0.4 is 15.4 Å². The lowest BCUT2D eigenvalue weighted by atomic mass is 10.1. The Kier molecular flexibility index (Phi) is 6.33. The summed E-state index contributed by atoms with van der Waals surface area (Å²) in [5.74, 6) is -0.696. The molecule has 0 spiro atoms. The minimum atomic E-state index is -0.566. The molecular formula is C14H18ClFN4O2. The van der Waals surface area contributed by atoms with Gasteiger partial charge in [-0.15, -0.1) is 12.4 Å². The van der Waals surface area contributed by atoms with Crippen LogP contribution in [-0.4, -0.2) is 29.8 Å². The van der Waals surface area contributed by atoms with Crippen molar-refractivity contribution in [3.05, 3.63) is 42.0 Å². The summed E-state index contributed by atoms with van der Waals surface area (Å²) in [7, 11) is 4.83. The third-order valence-corrected chi connectivity index (χ3v) is 3.03. The summed E-state index contributed by atoms with van der Waals surface area (Å²) in [6.45, 7) is 0. The largest absolute Gasteiger partial charge is 0.494 e. The average molecular weight is 329 g/mol. The lowest BCUT2D eigenvalue weighted by Crippen LogP contribution is -2.30. The number of ether oxygens (including phenoxy) is 1. The van der Waals surface area contributed by atoms with Crippen LogP contribution >= 0.6 is 12.4 Å². The maximum atomic E-state index is 13.6. The van der Waals surface area contributed by atoms with Crippen molar-refractivity contribution in [2.75, 3.05) is 19.5 Å². The van der Waals surface area contributed by atoms with Gasteiger partial charge in [-0.3, -0.25) is 9.48 Å². The monoisotopic (exact) mass is 328 g/mol. The number of aromatic nitrogens is 2. The van der Waals surface area contributed by atoms with E-state index in [1.54, 1.807) is 37.2 Å². The van der Waals surface area contributed by atoms with Gasteiger partial charge in [-0.2, -0.15) is 5.10 Å². The molecule has 22 heavy (non-hydrogen) atoms. The molecule has 1 unspecified atom stereocenters. The number of hydrogen-bond donors (Lipinski definition) is 2. The minimum absolute atomic E-state index is 0. The average Bonchev–Trinajstić information content (AvgIpc) is 2.86. The summed E-state index contributed by atoms with van der Waals surface area (Å²) in [6, 6.07) is 3.69. The molecule has 1 heterocycles. The second-order valence-electron chi connectivity index (χ2n) is 4.51. The molecule has 1 aromatic carbocycles. The Hall–Kier alpha value is -2.12. The van der Waals surface area contributed by atoms with Gasteiger partial charge in [0.1, 0.15) is 6.04 Å². The number of halogens is 2. The second-order valence-corrected chi connectivity index (χ2v) is 4.51. The standard InChI is InChI=1S/C14H17FN4O2.ClH/c1-16-13(9-7-17-19(2)8-9)14(20)18-10-4-5-12(21-3)11(15)6-10;/h4-8,13,16H,1-3H3,(H,18,20);1H. The number of carbonyl (C=O) groups excluding carboxylic acids is 1. The molecule has 0 aliphatic heterocycles. The SMILES string of the molecule is CNC(C(=O)Nc1ccc(OC)c(F)c1)c1cnn(C)c1.Cl. The van der Waals surface area contributed by atoms with Crippen molar-refractivity contribution in [2.24, 2.45) is 7.05 Å². The van der Waals surface area contributed by atoms with E-state index >= 15 is 0 Å². The Bertz CT molecular complexity index is 648. The van der Waals surface area contributed by atoms with Crippen LogP contribution in [0, 0.1) is 5.82 Å². The van der Waals surface area contributed by atoms with E-state index in [0.29, 0.717) is 5.69 Å². The Morgan fingerprint density at radius 3 is 2.68 bits per heavy atom. The van der Waals surface area contributed by atoms with Crippen molar-refractivity contribution in [1.82, 2.24) is 15.1 Å². The normalized spacial score (nSPS) is 11.5. The molecule has 1 aromatic heterocycles. The third kappa shape index (κ3) is 3.96. The number of anilines is 1. The van der Waals surface area contributed by atoms with E-state index in [4.69, 9.17) is 4.74 Å². The van der Waals surface area contributed by atoms with Crippen molar-refractivity contribution in [2.45, 2.75) is 6.04 Å². The van der Waals surface area contributed by atoms with Gasteiger partial charge in [0.05, 0.1) is 13.3 Å². The zero-order chi connectivity index (χ0) is 15.4. The molecule has 6 nitrogen and oxygen atoms in total. The molecule has 0 radical (unpaired) electrons. The van der Waals surface area contributed by atoms with E-state index in [1.807, 2.05) is 0 Å². The van der Waals surface area contributed by atoms with Crippen LogP contribution in [0.1, 0.15) is 11.6 Å². The molecule has 120 valence electrons. The molecule has 0 saturated heterocycles. The Labute approximate surface area is 134 Å². The fourth-order valence-corrected chi connectivity index (χ4v) is 2.00. The third-order valence-electron chi connectivity index (χ3n) is 3.03. The summed E-state index contributed by atoms with van der Waals surface area (Å²) < 4.78 is 20.1. The van der Waals surface area contributed by atoms with Crippen LogP contribution in [0.5, 0.6) is 5.75 Å². The van der Waals surface area contributed by atoms with E-state index in [1.165, 1.54) is 19.2 Å². The summed E-state index contributed by atoms with van der Waals surface area (Å²) in [5.41, 5.74) is 1.09. The molecule has 2 N–H and O–H groups in total. The molecule has 0 aliphatic rings. The van der Waals surface area contributed by atoms with Crippen molar-refractivity contribution in [3.8, 4) is 5.75 Å². The smallest absolute Gasteiger partial charge is 0.246 e. The number of nitrogens with one attached hydrogen (secondary N) is 2. The van der Waals surface area contributed by atoms with Crippen molar-refractivity contribution in [3.63, 3.8) is 0 Å². The van der Waals surface area contributed by atoms with Crippen LogP contribution in [0.2, 0.25) is 0 Å². The number of hydrogen-bond acceptors (Lipinski definition) is 4. The highest BCUT2D eigenvalue weighted by atomic mass is 35.5. The molecule has 1 atom stereocenters. The molecule has 0 bridgehead atoms. The summed E-state index contributed by atoms with van der Waals surface area (Å²) >= 11 is 0. The van der Waals surface area contributed by atoms with Gasteiger partial charge in [-0.25, -0.2) is 4.39 Å². The maximum absolute atomic E-state index is 13.6. The number of amides is 1. The number of carbonyl (C=O) groups is 1. The fraction of sp³-hybridized carbons (Fsp3) is 0.286. The zero-order valence-corrected chi connectivity index (χ0v) is 13.3. The molecule has 2 rings (SSSR count). The number of methoxy groups -OCH3 is 1. The van der Waals surface area contributed by atoms with Crippen molar-refractivity contribution < 1.29 is 13.9 Å². The first kappa shape index (κ1) is 17.9. The lowest BCUT2D eigenvalue weighted by molar-refractivity contribution is -0.118. The summed E-state index contributed by atoms with van der Waals surface area (Å²) in [5, 5.41) is 9.60. The first-order valence-electron chi connectivity index (χ1n) is 6.35. The van der Waals surface area contributed by atoms with Gasteiger partial charge in [0, 0.05) is 30.6 Å². The fourth-order valence-electron chi connectivity index (χ4n) is 2.00. The zero-order valence-electron chi connectivity index (χ0n) is 12.5. The number of benzene rings is 1. The predicted octanol–water partition coefficient (Wildman–Crippen LogP) is 1.89. The summed E-state index contributed by atoms with van der Waals surface area (Å²) in [6.07, 6.45) is 3.35.